The summed E-state index contributed by atoms with van der Waals surface area (Å²) in [5, 5.41) is 0. The van der Waals surface area contributed by atoms with Gasteiger partial charge in [0.05, 0.1) is 0 Å². The molecule has 1 atom stereocenters. The zero-order valence-electron chi connectivity index (χ0n) is 54.2. The van der Waals surface area contributed by atoms with Gasteiger partial charge in [-0.1, -0.05) is 343 Å². The van der Waals surface area contributed by atoms with Crippen molar-refractivity contribution in [1.82, 2.24) is 0 Å². The van der Waals surface area contributed by atoms with Gasteiger partial charge in [0.2, 0.25) is 0 Å². The van der Waals surface area contributed by atoms with Crippen molar-refractivity contribution in [3.05, 3.63) is 97.2 Å². The smallest absolute Gasteiger partial charge is 0.306 e. The fourth-order valence-corrected chi connectivity index (χ4v) is 10.1. The van der Waals surface area contributed by atoms with E-state index in [0.717, 1.165) is 128 Å². The molecule has 82 heavy (non-hydrogen) atoms. The van der Waals surface area contributed by atoms with E-state index < -0.39 is 6.10 Å². The van der Waals surface area contributed by atoms with Gasteiger partial charge in [-0.25, -0.2) is 0 Å². The SMILES string of the molecule is CC/C=C\C/C=C\C/C=C\C/C=C\C/C=C\C/C=C\C/C=C\C/C=C\CCCCCCCCC(=O)OCC(COC(=O)CCCCCCC)OC(=O)CCCCCCCCCCCCCCCCCCCCCCCCCCCCCC. The van der Waals surface area contributed by atoms with Gasteiger partial charge in [0.15, 0.2) is 6.10 Å². The number of hydrogen-bond acceptors (Lipinski definition) is 6. The van der Waals surface area contributed by atoms with Crippen LogP contribution in [0.1, 0.15) is 348 Å². The normalized spacial score (nSPS) is 12.7. The van der Waals surface area contributed by atoms with Crippen molar-refractivity contribution in [2.75, 3.05) is 13.2 Å². The maximum Gasteiger partial charge on any atom is 0.306 e. The first-order chi connectivity index (χ1) is 40.5. The van der Waals surface area contributed by atoms with Crippen molar-refractivity contribution < 1.29 is 28.6 Å². The summed E-state index contributed by atoms with van der Waals surface area (Å²) >= 11 is 0. The first-order valence-electron chi connectivity index (χ1n) is 35.2. The summed E-state index contributed by atoms with van der Waals surface area (Å²) in [6.07, 6.45) is 94.9. The standard InChI is InChI=1S/C76H132O6/c1-4-7-10-13-15-17-19-21-23-25-27-29-31-33-35-37-38-39-41-42-44-46-48-50-52-54-56-58-60-63-66-69-75(78)81-72-73(71-80-74(77)68-65-62-12-9-6-3)82-76(79)70-67-64-61-59-57-55-53-51-49-47-45-43-40-36-34-32-30-28-26-24-22-20-18-16-14-11-8-5-2/h7,10,15,17,21,23,27,29,33,35,38-39,42,44,48,50,73H,4-6,8-9,11-14,16,18-20,22,24-26,28,30-32,34,36-37,40-41,43,45-47,49,51-72H2,1-3H3/b10-7-,17-15-,23-21-,29-27-,35-33-,39-38-,44-42-,50-48-. The Morgan fingerprint density at radius 3 is 0.744 bits per heavy atom. The average molecular weight is 1140 g/mol. The Balaban J connectivity index is 4.03. The van der Waals surface area contributed by atoms with Gasteiger partial charge in [0.25, 0.3) is 0 Å². The monoisotopic (exact) mass is 1140 g/mol. The molecule has 0 radical (unpaired) electrons. The second-order valence-corrected chi connectivity index (χ2v) is 23.4. The largest absolute Gasteiger partial charge is 0.462 e. The summed E-state index contributed by atoms with van der Waals surface area (Å²) in [6, 6.07) is 0. The van der Waals surface area contributed by atoms with Crippen LogP contribution in [-0.4, -0.2) is 37.2 Å². The Morgan fingerprint density at radius 1 is 0.256 bits per heavy atom. The number of hydrogen-bond donors (Lipinski definition) is 0. The molecule has 0 amide bonds. The van der Waals surface area contributed by atoms with Gasteiger partial charge in [-0.2, -0.15) is 0 Å². The first kappa shape index (κ1) is 78.3. The molecule has 0 saturated carbocycles. The number of allylic oxidation sites excluding steroid dienone is 16. The third-order valence-corrected chi connectivity index (χ3v) is 15.4. The zero-order chi connectivity index (χ0) is 59.2. The minimum Gasteiger partial charge on any atom is -0.462 e. The molecular weight excluding hydrogens is 1010 g/mol. The van der Waals surface area contributed by atoms with E-state index >= 15 is 0 Å². The molecule has 0 fully saturated rings. The fraction of sp³-hybridized carbons (Fsp3) is 0.750. The Labute approximate surface area is 508 Å². The van der Waals surface area contributed by atoms with Gasteiger partial charge < -0.3 is 14.2 Å². The molecule has 0 aliphatic heterocycles. The van der Waals surface area contributed by atoms with Crippen LogP contribution < -0.4 is 0 Å². The Bertz CT molecular complexity index is 1590. The molecule has 0 N–H and O–H groups in total. The Morgan fingerprint density at radius 2 is 0.476 bits per heavy atom. The van der Waals surface area contributed by atoms with Crippen LogP contribution in [-0.2, 0) is 28.6 Å². The van der Waals surface area contributed by atoms with Crippen LogP contribution in [0.2, 0.25) is 0 Å². The molecule has 0 saturated heterocycles. The van der Waals surface area contributed by atoms with Gasteiger partial charge in [-0.05, 0) is 83.5 Å². The molecule has 0 heterocycles. The number of rotatable bonds is 64. The van der Waals surface area contributed by atoms with Crippen LogP contribution in [0.4, 0.5) is 0 Å². The lowest BCUT2D eigenvalue weighted by molar-refractivity contribution is -0.167. The predicted molar refractivity (Wildman–Crippen MR) is 357 cm³/mol. The fourth-order valence-electron chi connectivity index (χ4n) is 10.1. The second-order valence-electron chi connectivity index (χ2n) is 23.4. The number of unbranched alkanes of at least 4 members (excludes halogenated alkanes) is 37. The molecule has 0 aliphatic carbocycles. The highest BCUT2D eigenvalue weighted by Gasteiger charge is 2.19. The quantitative estimate of drug-likeness (QED) is 0.0261. The van der Waals surface area contributed by atoms with Crippen LogP contribution in [0, 0.1) is 0 Å². The second kappa shape index (κ2) is 69.8. The summed E-state index contributed by atoms with van der Waals surface area (Å²) in [5.74, 6) is -0.895. The van der Waals surface area contributed by atoms with Gasteiger partial charge in [-0.15, -0.1) is 0 Å². The molecule has 0 rings (SSSR count). The maximum atomic E-state index is 12.9. The summed E-state index contributed by atoms with van der Waals surface area (Å²) in [7, 11) is 0. The molecule has 1 unspecified atom stereocenters. The highest BCUT2D eigenvalue weighted by molar-refractivity contribution is 5.71. The van der Waals surface area contributed by atoms with Crippen molar-refractivity contribution in [2.24, 2.45) is 0 Å². The highest BCUT2D eigenvalue weighted by atomic mass is 16.6. The lowest BCUT2D eigenvalue weighted by atomic mass is 10.0. The zero-order valence-corrected chi connectivity index (χ0v) is 54.2. The van der Waals surface area contributed by atoms with E-state index in [9.17, 15) is 14.4 Å². The number of esters is 3. The van der Waals surface area contributed by atoms with Crippen LogP contribution >= 0.6 is 0 Å². The molecule has 6 nitrogen and oxygen atoms in total. The topological polar surface area (TPSA) is 78.9 Å². The van der Waals surface area contributed by atoms with E-state index in [0.29, 0.717) is 19.3 Å². The molecular formula is C76H132O6. The average Bonchev–Trinajstić information content (AvgIpc) is 3.48. The van der Waals surface area contributed by atoms with E-state index in [2.05, 4.69) is 118 Å². The number of carbonyl (C=O) groups is 3. The van der Waals surface area contributed by atoms with Crippen molar-refractivity contribution in [3.8, 4) is 0 Å². The van der Waals surface area contributed by atoms with E-state index in [1.54, 1.807) is 0 Å². The summed E-state index contributed by atoms with van der Waals surface area (Å²) < 4.78 is 16.8. The lowest BCUT2D eigenvalue weighted by Gasteiger charge is -2.18. The number of carbonyl (C=O) groups excluding carboxylic acids is 3. The van der Waals surface area contributed by atoms with Crippen molar-refractivity contribution in [1.29, 1.82) is 0 Å². The van der Waals surface area contributed by atoms with Crippen molar-refractivity contribution in [3.63, 3.8) is 0 Å². The van der Waals surface area contributed by atoms with Crippen LogP contribution in [0.15, 0.2) is 97.2 Å². The summed E-state index contributed by atoms with van der Waals surface area (Å²) in [4.78, 5) is 38.0. The molecule has 6 heteroatoms. The van der Waals surface area contributed by atoms with Gasteiger partial charge in [0.1, 0.15) is 13.2 Å². The molecule has 0 spiro atoms. The summed E-state index contributed by atoms with van der Waals surface area (Å²) in [6.45, 7) is 6.47. The van der Waals surface area contributed by atoms with Crippen LogP contribution in [0.25, 0.3) is 0 Å². The Kier molecular flexibility index (Phi) is 66.7. The predicted octanol–water partition coefficient (Wildman–Crippen LogP) is 24.4. The molecule has 0 bridgehead atoms. The van der Waals surface area contributed by atoms with E-state index in [1.807, 2.05) is 0 Å². The maximum absolute atomic E-state index is 12.9. The summed E-state index contributed by atoms with van der Waals surface area (Å²) in [5.41, 5.74) is 0. The Hall–Kier alpha value is -3.67. The van der Waals surface area contributed by atoms with Gasteiger partial charge in [0, 0.05) is 19.3 Å². The van der Waals surface area contributed by atoms with Gasteiger partial charge in [-0.3, -0.25) is 14.4 Å². The molecule has 0 aromatic rings. The lowest BCUT2D eigenvalue weighted by Crippen LogP contribution is -2.30. The molecule has 0 aromatic heterocycles. The first-order valence-corrected chi connectivity index (χ1v) is 35.2. The van der Waals surface area contributed by atoms with Gasteiger partial charge >= 0.3 is 17.9 Å². The number of ether oxygens (including phenoxy) is 3. The van der Waals surface area contributed by atoms with E-state index in [4.69, 9.17) is 14.2 Å². The third kappa shape index (κ3) is 67.1. The van der Waals surface area contributed by atoms with E-state index in [-0.39, 0.29) is 31.1 Å². The minimum absolute atomic E-state index is 0.0800. The van der Waals surface area contributed by atoms with Crippen molar-refractivity contribution >= 4 is 17.9 Å². The molecule has 0 aliphatic rings. The molecule has 472 valence electrons. The van der Waals surface area contributed by atoms with Crippen LogP contribution in [0.5, 0.6) is 0 Å². The minimum atomic E-state index is -0.780. The molecule has 0 aromatic carbocycles. The van der Waals surface area contributed by atoms with Crippen molar-refractivity contribution in [2.45, 2.75) is 354 Å². The van der Waals surface area contributed by atoms with E-state index in [1.165, 1.54) is 180 Å². The van der Waals surface area contributed by atoms with Crippen LogP contribution in [0.3, 0.4) is 0 Å². The highest BCUT2D eigenvalue weighted by Crippen LogP contribution is 2.18. The third-order valence-electron chi connectivity index (χ3n) is 15.4.